The normalized spacial score (nSPS) is 27.0. The Hall–Kier alpha value is -1.63. The first-order valence-electron chi connectivity index (χ1n) is 5.46. The first-order chi connectivity index (χ1) is 8.47. The standard InChI is InChI=1S/C11H16FNO5/c1-3-4-17-9-5-13(11(15)16)8(10(9)12)6-18-7(2)14/h3,8-10H,1,4-6H2,2H3,(H,15,16). The molecule has 1 fully saturated rings. The van der Waals surface area contributed by atoms with Crippen LogP contribution in [-0.4, -0.2) is 60.1 Å². The Balaban J connectivity index is 2.67. The van der Waals surface area contributed by atoms with Crippen molar-refractivity contribution in [2.45, 2.75) is 25.2 Å². The third-order valence-electron chi connectivity index (χ3n) is 2.63. The quantitative estimate of drug-likeness (QED) is 0.585. The van der Waals surface area contributed by atoms with Gasteiger partial charge in [0.1, 0.15) is 18.8 Å². The molecule has 18 heavy (non-hydrogen) atoms. The van der Waals surface area contributed by atoms with E-state index in [1.54, 1.807) is 0 Å². The minimum Gasteiger partial charge on any atom is -0.465 e. The topological polar surface area (TPSA) is 76.1 Å². The highest BCUT2D eigenvalue weighted by atomic mass is 19.1. The minimum absolute atomic E-state index is 0.0870. The molecule has 1 aliphatic heterocycles. The molecule has 3 atom stereocenters. The van der Waals surface area contributed by atoms with Gasteiger partial charge in [-0.1, -0.05) is 6.08 Å². The molecule has 0 bridgehead atoms. The molecule has 0 aliphatic carbocycles. The van der Waals surface area contributed by atoms with Crippen LogP contribution in [0.4, 0.5) is 9.18 Å². The van der Waals surface area contributed by atoms with Crippen LogP contribution in [-0.2, 0) is 14.3 Å². The molecule has 1 heterocycles. The number of carboxylic acid groups (broad SMARTS) is 1. The van der Waals surface area contributed by atoms with Crippen molar-refractivity contribution in [2.75, 3.05) is 19.8 Å². The van der Waals surface area contributed by atoms with E-state index in [1.807, 2.05) is 0 Å². The lowest BCUT2D eigenvalue weighted by Gasteiger charge is -2.21. The first-order valence-corrected chi connectivity index (χ1v) is 5.46. The second kappa shape index (κ2) is 6.34. The van der Waals surface area contributed by atoms with Crippen LogP contribution in [0.1, 0.15) is 6.92 Å². The number of carbonyl (C=O) groups is 2. The number of alkyl halides is 1. The Kier molecular flexibility index (Phi) is 5.08. The highest BCUT2D eigenvalue weighted by molar-refractivity contribution is 5.67. The van der Waals surface area contributed by atoms with E-state index in [-0.39, 0.29) is 19.8 Å². The van der Waals surface area contributed by atoms with E-state index < -0.39 is 30.4 Å². The van der Waals surface area contributed by atoms with Gasteiger partial charge in [-0.25, -0.2) is 9.18 Å². The predicted molar refractivity (Wildman–Crippen MR) is 60.0 cm³/mol. The van der Waals surface area contributed by atoms with Gasteiger partial charge < -0.3 is 14.6 Å². The molecule has 1 saturated heterocycles. The summed E-state index contributed by atoms with van der Waals surface area (Å²) in [5.41, 5.74) is 0. The molecule has 1 amide bonds. The molecule has 7 heteroatoms. The zero-order valence-electron chi connectivity index (χ0n) is 10.0. The van der Waals surface area contributed by atoms with Gasteiger partial charge in [0.25, 0.3) is 0 Å². The van der Waals surface area contributed by atoms with E-state index in [1.165, 1.54) is 13.0 Å². The Morgan fingerprint density at radius 3 is 2.78 bits per heavy atom. The fourth-order valence-electron chi connectivity index (χ4n) is 1.79. The monoisotopic (exact) mass is 261 g/mol. The Bertz CT molecular complexity index is 335. The average molecular weight is 261 g/mol. The maximum atomic E-state index is 14.0. The molecule has 0 spiro atoms. The van der Waals surface area contributed by atoms with Crippen LogP contribution in [0.25, 0.3) is 0 Å². The summed E-state index contributed by atoms with van der Waals surface area (Å²) in [6.07, 6.45) is -2.20. The molecule has 6 nitrogen and oxygen atoms in total. The number of hydrogen-bond donors (Lipinski definition) is 1. The fraction of sp³-hybridized carbons (Fsp3) is 0.636. The van der Waals surface area contributed by atoms with Crippen molar-refractivity contribution < 1.29 is 28.6 Å². The summed E-state index contributed by atoms with van der Waals surface area (Å²) in [5.74, 6) is -0.581. The Morgan fingerprint density at radius 2 is 2.28 bits per heavy atom. The number of carbonyl (C=O) groups excluding carboxylic acids is 1. The third kappa shape index (κ3) is 3.43. The van der Waals surface area contributed by atoms with Crippen molar-refractivity contribution in [3.05, 3.63) is 12.7 Å². The van der Waals surface area contributed by atoms with Gasteiger partial charge in [0.2, 0.25) is 0 Å². The van der Waals surface area contributed by atoms with Crippen LogP contribution in [0.5, 0.6) is 0 Å². The predicted octanol–water partition coefficient (Wildman–Crippen LogP) is 0.821. The number of halogens is 1. The van der Waals surface area contributed by atoms with Crippen molar-refractivity contribution in [1.29, 1.82) is 0 Å². The van der Waals surface area contributed by atoms with Crippen molar-refractivity contribution in [2.24, 2.45) is 0 Å². The van der Waals surface area contributed by atoms with E-state index in [9.17, 15) is 14.0 Å². The molecule has 1 N–H and O–H groups in total. The second-order valence-corrected chi connectivity index (χ2v) is 3.91. The highest BCUT2D eigenvalue weighted by Gasteiger charge is 2.45. The number of ether oxygens (including phenoxy) is 2. The molecule has 0 radical (unpaired) electrons. The van der Waals surface area contributed by atoms with Crippen LogP contribution < -0.4 is 0 Å². The maximum Gasteiger partial charge on any atom is 0.407 e. The molecule has 3 unspecified atom stereocenters. The summed E-state index contributed by atoms with van der Waals surface area (Å²) in [4.78, 5) is 22.5. The summed E-state index contributed by atoms with van der Waals surface area (Å²) in [6.45, 7) is 4.35. The molecule has 102 valence electrons. The van der Waals surface area contributed by atoms with Gasteiger partial charge in [0.05, 0.1) is 13.2 Å². The zero-order valence-corrected chi connectivity index (χ0v) is 10.0. The van der Waals surface area contributed by atoms with Crippen LogP contribution in [0.15, 0.2) is 12.7 Å². The summed E-state index contributed by atoms with van der Waals surface area (Å²) in [6, 6.07) is -1.03. The van der Waals surface area contributed by atoms with Crippen molar-refractivity contribution >= 4 is 12.1 Å². The van der Waals surface area contributed by atoms with Crippen LogP contribution >= 0.6 is 0 Å². The zero-order chi connectivity index (χ0) is 13.7. The van der Waals surface area contributed by atoms with E-state index in [0.717, 1.165) is 4.90 Å². The van der Waals surface area contributed by atoms with Gasteiger partial charge in [-0.2, -0.15) is 0 Å². The van der Waals surface area contributed by atoms with Crippen LogP contribution in [0.3, 0.4) is 0 Å². The second-order valence-electron chi connectivity index (χ2n) is 3.91. The van der Waals surface area contributed by atoms with Gasteiger partial charge >= 0.3 is 12.1 Å². The van der Waals surface area contributed by atoms with Crippen molar-refractivity contribution in [3.63, 3.8) is 0 Å². The van der Waals surface area contributed by atoms with Crippen LogP contribution in [0, 0.1) is 0 Å². The van der Waals surface area contributed by atoms with E-state index >= 15 is 0 Å². The fourth-order valence-corrected chi connectivity index (χ4v) is 1.79. The molecular weight excluding hydrogens is 245 g/mol. The molecular formula is C11H16FNO5. The summed E-state index contributed by atoms with van der Waals surface area (Å²) in [5, 5.41) is 8.95. The third-order valence-corrected chi connectivity index (χ3v) is 2.63. The number of likely N-dealkylation sites (tertiary alicyclic amines) is 1. The van der Waals surface area contributed by atoms with E-state index in [0.29, 0.717) is 0 Å². The Morgan fingerprint density at radius 1 is 1.61 bits per heavy atom. The van der Waals surface area contributed by atoms with Crippen LogP contribution in [0.2, 0.25) is 0 Å². The number of rotatable bonds is 5. The minimum atomic E-state index is -1.53. The van der Waals surface area contributed by atoms with E-state index in [2.05, 4.69) is 11.3 Å². The molecule has 1 rings (SSSR count). The largest absolute Gasteiger partial charge is 0.465 e. The lowest BCUT2D eigenvalue weighted by atomic mass is 10.2. The summed E-state index contributed by atoms with van der Waals surface area (Å²) in [7, 11) is 0. The number of esters is 1. The van der Waals surface area contributed by atoms with Gasteiger partial charge in [-0.05, 0) is 0 Å². The molecule has 1 aliphatic rings. The molecule has 0 aromatic carbocycles. The number of nitrogens with zero attached hydrogens (tertiary/aromatic N) is 1. The lowest BCUT2D eigenvalue weighted by molar-refractivity contribution is -0.142. The van der Waals surface area contributed by atoms with Crippen molar-refractivity contribution in [1.82, 2.24) is 4.90 Å². The molecule has 0 aromatic rings. The average Bonchev–Trinajstić information content (AvgIpc) is 2.61. The van der Waals surface area contributed by atoms with Gasteiger partial charge in [0.15, 0.2) is 6.17 Å². The van der Waals surface area contributed by atoms with Gasteiger partial charge in [-0.3, -0.25) is 9.69 Å². The molecule has 0 aromatic heterocycles. The van der Waals surface area contributed by atoms with E-state index in [4.69, 9.17) is 9.84 Å². The SMILES string of the molecule is C=CCOC1CN(C(=O)O)C(COC(C)=O)C1F. The highest BCUT2D eigenvalue weighted by Crippen LogP contribution is 2.24. The summed E-state index contributed by atoms with van der Waals surface area (Å²) >= 11 is 0. The maximum absolute atomic E-state index is 14.0. The number of hydrogen-bond acceptors (Lipinski definition) is 4. The first kappa shape index (κ1) is 14.4. The lowest BCUT2D eigenvalue weighted by Crippen LogP contribution is -2.41. The van der Waals surface area contributed by atoms with Crippen molar-refractivity contribution in [3.8, 4) is 0 Å². The van der Waals surface area contributed by atoms with Gasteiger partial charge in [0, 0.05) is 6.92 Å². The smallest absolute Gasteiger partial charge is 0.407 e. The number of amides is 1. The van der Waals surface area contributed by atoms with Gasteiger partial charge in [-0.15, -0.1) is 6.58 Å². The Labute approximate surface area is 104 Å². The summed E-state index contributed by atoms with van der Waals surface area (Å²) < 4.78 is 23.8. The molecule has 0 saturated carbocycles.